The molecular formula is C25H37O2. The molecule has 1 aromatic carbocycles. The normalized spacial score (nSPS) is 11.1. The molecule has 1 aromatic rings. The van der Waals surface area contributed by atoms with Gasteiger partial charge in [-0.25, -0.2) is 0 Å². The van der Waals surface area contributed by atoms with Crippen LogP contribution < -0.4 is 0 Å². The van der Waals surface area contributed by atoms with Crippen molar-refractivity contribution in [1.29, 1.82) is 0 Å². The number of carbonyl (C=O) groups is 1. The average Bonchev–Trinajstić information content (AvgIpc) is 2.70. The van der Waals surface area contributed by atoms with E-state index >= 15 is 0 Å². The Bertz CT molecular complexity index is 545. The van der Waals surface area contributed by atoms with Gasteiger partial charge in [0.25, 0.3) is 0 Å². The zero-order valence-corrected chi connectivity index (χ0v) is 17.2. The SMILES string of the molecule is CCCCCCCC/C=C\CCCCCCCC(=O)c1ccccc1[C]=O. The second-order valence-corrected chi connectivity index (χ2v) is 7.41. The minimum atomic E-state index is 0.0616. The highest BCUT2D eigenvalue weighted by Crippen LogP contribution is 2.14. The van der Waals surface area contributed by atoms with E-state index in [0.29, 0.717) is 17.5 Å². The van der Waals surface area contributed by atoms with Crippen molar-refractivity contribution in [1.82, 2.24) is 0 Å². The van der Waals surface area contributed by atoms with Crippen LogP contribution in [0.5, 0.6) is 0 Å². The summed E-state index contributed by atoms with van der Waals surface area (Å²) in [6, 6.07) is 6.94. The van der Waals surface area contributed by atoms with Crippen molar-refractivity contribution in [3.63, 3.8) is 0 Å². The zero-order valence-electron chi connectivity index (χ0n) is 17.2. The quantitative estimate of drug-likeness (QED) is 0.163. The molecule has 1 rings (SSSR count). The van der Waals surface area contributed by atoms with E-state index in [1.165, 1.54) is 70.6 Å². The fourth-order valence-electron chi connectivity index (χ4n) is 3.31. The van der Waals surface area contributed by atoms with Gasteiger partial charge < -0.3 is 0 Å². The first-order chi connectivity index (χ1) is 13.3. The van der Waals surface area contributed by atoms with Crippen LogP contribution in [-0.4, -0.2) is 12.1 Å². The maximum Gasteiger partial charge on any atom is 0.234 e. The minimum Gasteiger partial charge on any atom is -0.294 e. The summed E-state index contributed by atoms with van der Waals surface area (Å²) in [6.45, 7) is 2.26. The molecule has 0 saturated carbocycles. The zero-order chi connectivity index (χ0) is 19.6. The highest BCUT2D eigenvalue weighted by molar-refractivity contribution is 6.02. The average molecular weight is 370 g/mol. The third-order valence-corrected chi connectivity index (χ3v) is 5.00. The third-order valence-electron chi connectivity index (χ3n) is 5.00. The maximum atomic E-state index is 12.2. The van der Waals surface area contributed by atoms with Gasteiger partial charge in [-0.05, 0) is 32.1 Å². The number of carbonyl (C=O) groups excluding carboxylic acids is 2. The number of benzene rings is 1. The van der Waals surface area contributed by atoms with Gasteiger partial charge in [-0.1, -0.05) is 94.7 Å². The fourth-order valence-corrected chi connectivity index (χ4v) is 3.31. The van der Waals surface area contributed by atoms with Crippen LogP contribution in [0.1, 0.15) is 113 Å². The Labute approximate surface area is 166 Å². The lowest BCUT2D eigenvalue weighted by molar-refractivity contribution is 0.0979. The molecule has 0 aliphatic rings. The minimum absolute atomic E-state index is 0.0616. The van der Waals surface area contributed by atoms with E-state index in [0.717, 1.165) is 12.8 Å². The number of ketones is 1. The van der Waals surface area contributed by atoms with E-state index in [2.05, 4.69) is 19.1 Å². The van der Waals surface area contributed by atoms with E-state index < -0.39 is 0 Å². The summed E-state index contributed by atoms with van der Waals surface area (Å²) in [7, 11) is 0. The summed E-state index contributed by atoms with van der Waals surface area (Å²) >= 11 is 0. The number of hydrogen-bond donors (Lipinski definition) is 0. The Hall–Kier alpha value is -1.70. The van der Waals surface area contributed by atoms with Gasteiger partial charge in [-0.2, -0.15) is 0 Å². The van der Waals surface area contributed by atoms with Crippen LogP contribution in [0.4, 0.5) is 0 Å². The molecule has 0 amide bonds. The lowest BCUT2D eigenvalue weighted by Crippen LogP contribution is -2.03. The lowest BCUT2D eigenvalue weighted by atomic mass is 9.99. The van der Waals surface area contributed by atoms with Gasteiger partial charge in [0.15, 0.2) is 5.78 Å². The van der Waals surface area contributed by atoms with E-state index in [-0.39, 0.29) is 5.78 Å². The second-order valence-electron chi connectivity index (χ2n) is 7.41. The van der Waals surface area contributed by atoms with Gasteiger partial charge in [0.1, 0.15) is 0 Å². The third kappa shape index (κ3) is 11.6. The van der Waals surface area contributed by atoms with E-state index in [9.17, 15) is 9.59 Å². The number of rotatable bonds is 17. The van der Waals surface area contributed by atoms with Crippen molar-refractivity contribution in [3.05, 3.63) is 47.5 Å². The molecule has 0 atom stereocenters. The van der Waals surface area contributed by atoms with E-state index in [4.69, 9.17) is 0 Å². The first-order valence-corrected chi connectivity index (χ1v) is 10.9. The van der Waals surface area contributed by atoms with Gasteiger partial charge in [-0.15, -0.1) is 0 Å². The van der Waals surface area contributed by atoms with Gasteiger partial charge in [0.05, 0.1) is 0 Å². The molecule has 0 aliphatic heterocycles. The smallest absolute Gasteiger partial charge is 0.234 e. The molecule has 0 heterocycles. The monoisotopic (exact) mass is 369 g/mol. The highest BCUT2D eigenvalue weighted by atomic mass is 16.1. The Morgan fingerprint density at radius 2 is 1.37 bits per heavy atom. The Morgan fingerprint density at radius 3 is 2.00 bits per heavy atom. The van der Waals surface area contributed by atoms with E-state index in [1.54, 1.807) is 24.3 Å². The van der Waals surface area contributed by atoms with Gasteiger partial charge in [0.2, 0.25) is 6.29 Å². The van der Waals surface area contributed by atoms with Crippen LogP contribution in [0.15, 0.2) is 36.4 Å². The van der Waals surface area contributed by atoms with Gasteiger partial charge in [-0.3, -0.25) is 9.59 Å². The van der Waals surface area contributed by atoms with Crippen LogP contribution in [0.25, 0.3) is 0 Å². The van der Waals surface area contributed by atoms with Crippen molar-refractivity contribution in [2.45, 2.75) is 96.8 Å². The van der Waals surface area contributed by atoms with Crippen LogP contribution in [0.3, 0.4) is 0 Å². The van der Waals surface area contributed by atoms with Crippen LogP contribution in [0, 0.1) is 0 Å². The van der Waals surface area contributed by atoms with Gasteiger partial charge >= 0.3 is 0 Å². The molecule has 0 fully saturated rings. The summed E-state index contributed by atoms with van der Waals surface area (Å²) in [6.07, 6.45) is 23.3. The first-order valence-electron chi connectivity index (χ1n) is 10.9. The van der Waals surface area contributed by atoms with Crippen molar-refractivity contribution in [2.75, 3.05) is 0 Å². The Morgan fingerprint density at radius 1 is 0.815 bits per heavy atom. The van der Waals surface area contributed by atoms with Crippen molar-refractivity contribution in [3.8, 4) is 0 Å². The summed E-state index contributed by atoms with van der Waals surface area (Å²) in [5.41, 5.74) is 0.901. The summed E-state index contributed by atoms with van der Waals surface area (Å²) in [5.74, 6) is 0.0616. The highest BCUT2D eigenvalue weighted by Gasteiger charge is 2.10. The first kappa shape index (κ1) is 23.3. The maximum absolute atomic E-state index is 12.2. The van der Waals surface area contributed by atoms with Crippen LogP contribution in [0.2, 0.25) is 0 Å². The number of unbranched alkanes of at least 4 members (excludes halogenated alkanes) is 11. The second kappa shape index (κ2) is 16.5. The molecule has 0 bridgehead atoms. The molecule has 2 heteroatoms. The molecule has 27 heavy (non-hydrogen) atoms. The molecule has 1 radical (unpaired) electrons. The molecule has 0 spiro atoms. The van der Waals surface area contributed by atoms with Crippen molar-refractivity contribution >= 4 is 12.1 Å². The number of Topliss-reactive ketones (excluding diaryl/α,β-unsaturated/α-hetero) is 1. The standard InChI is InChI=1S/C25H37O2/c1-2-3-4-5-6-7-8-9-10-11-12-13-14-15-16-21-25(27)24-20-18-17-19-23(24)22-26/h9-10,17-20H,2-8,11-16,21H2,1H3/b10-9-. The largest absolute Gasteiger partial charge is 0.294 e. The molecule has 2 nitrogen and oxygen atoms in total. The summed E-state index contributed by atoms with van der Waals surface area (Å²) in [5, 5.41) is 0. The Kier molecular flexibility index (Phi) is 14.2. The molecular weight excluding hydrogens is 332 g/mol. The summed E-state index contributed by atoms with van der Waals surface area (Å²) < 4.78 is 0. The van der Waals surface area contributed by atoms with E-state index in [1.807, 2.05) is 6.29 Å². The summed E-state index contributed by atoms with van der Waals surface area (Å²) in [4.78, 5) is 23.0. The van der Waals surface area contributed by atoms with Crippen LogP contribution >= 0.6 is 0 Å². The molecule has 149 valence electrons. The van der Waals surface area contributed by atoms with Crippen molar-refractivity contribution < 1.29 is 9.59 Å². The molecule has 0 N–H and O–H groups in total. The molecule has 0 unspecified atom stereocenters. The molecule has 0 saturated heterocycles. The molecule has 0 aromatic heterocycles. The lowest BCUT2D eigenvalue weighted by Gasteiger charge is -2.03. The van der Waals surface area contributed by atoms with Crippen molar-refractivity contribution in [2.24, 2.45) is 0 Å². The van der Waals surface area contributed by atoms with Gasteiger partial charge in [0, 0.05) is 17.5 Å². The Balaban J connectivity index is 1.95. The predicted octanol–water partition coefficient (Wildman–Crippen LogP) is 7.36. The number of hydrogen-bond acceptors (Lipinski definition) is 2. The number of allylic oxidation sites excluding steroid dienone is 2. The molecule has 0 aliphatic carbocycles. The fraction of sp³-hybridized carbons (Fsp3) is 0.600. The topological polar surface area (TPSA) is 34.1 Å². The van der Waals surface area contributed by atoms with Crippen LogP contribution in [-0.2, 0) is 4.79 Å². The predicted molar refractivity (Wildman–Crippen MR) is 115 cm³/mol.